The smallest absolute Gasteiger partial charge is 0.308 e. The van der Waals surface area contributed by atoms with Crippen LogP contribution in [0.1, 0.15) is 26.3 Å². The first-order chi connectivity index (χ1) is 8.12. The van der Waals surface area contributed by atoms with Crippen LogP contribution in [0, 0.1) is 5.66 Å². The fourth-order valence-corrected chi connectivity index (χ4v) is 3.16. The summed E-state index contributed by atoms with van der Waals surface area (Å²) in [6.07, 6.45) is 0.623. The Hall–Kier alpha value is -0.630. The minimum atomic E-state index is -3.06. The van der Waals surface area contributed by atoms with Crippen LogP contribution in [0.25, 0.3) is 0 Å². The van der Waals surface area contributed by atoms with Crippen LogP contribution >= 0.6 is 7.60 Å². The number of rotatable bonds is 7. The van der Waals surface area contributed by atoms with E-state index in [0.717, 1.165) is 11.2 Å². The summed E-state index contributed by atoms with van der Waals surface area (Å²) in [5.74, 6) is 0. The molecule has 0 unspecified atom stereocenters. The van der Waals surface area contributed by atoms with Gasteiger partial charge in [0.25, 0.3) is 0 Å². The van der Waals surface area contributed by atoms with Crippen LogP contribution in [0.15, 0.2) is 30.3 Å². The fraction of sp³-hybridized carbons (Fsp3) is 0.462. The van der Waals surface area contributed by atoms with Crippen molar-refractivity contribution < 1.29 is 13.6 Å². The minimum Gasteiger partial charge on any atom is -0.308 e. The Morgan fingerprint density at radius 2 is 1.65 bits per heavy atom. The molecule has 0 aliphatic carbocycles. The van der Waals surface area contributed by atoms with Crippen LogP contribution < -0.4 is 0 Å². The highest BCUT2D eigenvalue weighted by molar-refractivity contribution is 7.57. The zero-order chi connectivity index (χ0) is 12.7. The first kappa shape index (κ1) is 14.4. The molecule has 3 nitrogen and oxygen atoms in total. The fourth-order valence-electron chi connectivity index (χ4n) is 1.59. The molecule has 17 heavy (non-hydrogen) atoms. The van der Waals surface area contributed by atoms with Crippen molar-refractivity contribution in [1.82, 2.24) is 0 Å². The van der Waals surface area contributed by atoms with Crippen LogP contribution in [-0.4, -0.2) is 13.2 Å². The van der Waals surface area contributed by atoms with E-state index in [9.17, 15) is 4.57 Å². The van der Waals surface area contributed by atoms with Crippen LogP contribution in [-0.2, 0) is 20.0 Å². The van der Waals surface area contributed by atoms with Gasteiger partial charge in [0.2, 0.25) is 0 Å². The average molecular weight is 255 g/mol. The van der Waals surface area contributed by atoms with Gasteiger partial charge in [0.05, 0.1) is 18.9 Å². The molecule has 1 aromatic rings. The molecule has 1 rings (SSSR count). The second-order valence-electron chi connectivity index (χ2n) is 3.73. The molecular weight excluding hydrogens is 235 g/mol. The third-order valence-electron chi connectivity index (χ3n) is 2.37. The van der Waals surface area contributed by atoms with E-state index in [-0.39, 0.29) is 0 Å². The molecule has 0 atom stereocenters. The van der Waals surface area contributed by atoms with Crippen molar-refractivity contribution >= 4 is 7.60 Å². The number of hydrogen-bond donors (Lipinski definition) is 0. The van der Waals surface area contributed by atoms with Crippen LogP contribution in [0.4, 0.5) is 0 Å². The van der Waals surface area contributed by atoms with Gasteiger partial charge in [-0.15, -0.1) is 0 Å². The van der Waals surface area contributed by atoms with Gasteiger partial charge in [-0.2, -0.15) is 0 Å². The topological polar surface area (TPSA) is 35.5 Å². The molecular formula is C13H20O3P. The van der Waals surface area contributed by atoms with E-state index in [4.69, 9.17) is 9.05 Å². The van der Waals surface area contributed by atoms with Gasteiger partial charge in [-0.05, 0) is 32.8 Å². The Bertz CT molecular complexity index is 354. The number of hydrogen-bond acceptors (Lipinski definition) is 3. The van der Waals surface area contributed by atoms with Gasteiger partial charge in [0.1, 0.15) is 0 Å². The zero-order valence-electron chi connectivity index (χ0n) is 10.7. The normalized spacial score (nSPS) is 12.0. The molecule has 0 N–H and O–H groups in total. The molecule has 95 valence electrons. The summed E-state index contributed by atoms with van der Waals surface area (Å²) in [5.41, 5.74) is 1.87. The van der Waals surface area contributed by atoms with Crippen molar-refractivity contribution in [2.45, 2.75) is 27.2 Å². The first-order valence-corrected chi connectivity index (χ1v) is 7.42. The van der Waals surface area contributed by atoms with Gasteiger partial charge in [-0.25, -0.2) is 0 Å². The Kier molecular flexibility index (Phi) is 5.90. The van der Waals surface area contributed by atoms with E-state index in [1.165, 1.54) is 0 Å². The minimum absolute atomic E-state index is 0.392. The molecule has 0 bridgehead atoms. The summed E-state index contributed by atoms with van der Waals surface area (Å²) >= 11 is 0. The van der Waals surface area contributed by atoms with Gasteiger partial charge < -0.3 is 9.05 Å². The molecule has 0 aromatic heterocycles. The van der Waals surface area contributed by atoms with Gasteiger partial charge in [-0.1, -0.05) is 30.3 Å². The molecule has 0 aliphatic heterocycles. The molecule has 0 heterocycles. The lowest BCUT2D eigenvalue weighted by Gasteiger charge is -2.22. The Labute approximate surface area is 104 Å². The lowest BCUT2D eigenvalue weighted by Crippen LogP contribution is -2.05. The molecule has 0 saturated heterocycles. The average Bonchev–Trinajstić information content (AvgIpc) is 2.31. The molecule has 0 saturated carbocycles. The summed E-state index contributed by atoms with van der Waals surface area (Å²) in [6, 6.07) is 9.91. The molecule has 0 fully saturated rings. The number of benzene rings is 1. The predicted molar refractivity (Wildman–Crippen MR) is 69.9 cm³/mol. The molecule has 1 aromatic carbocycles. The van der Waals surface area contributed by atoms with Crippen LogP contribution in [0.2, 0.25) is 0 Å². The maximum absolute atomic E-state index is 12.4. The standard InChI is InChI=1S/C13H20O3P/c1-4-15-17(14,16-5-2)12(3)11-13-9-7-6-8-10-13/h6-10H,4-5,11H2,1-3H3. The molecule has 0 aliphatic rings. The summed E-state index contributed by atoms with van der Waals surface area (Å²) < 4.78 is 23.0. The van der Waals surface area contributed by atoms with Gasteiger partial charge in [-0.3, -0.25) is 4.57 Å². The summed E-state index contributed by atoms with van der Waals surface area (Å²) in [7, 11) is -3.06. The van der Waals surface area contributed by atoms with Gasteiger partial charge in [0.15, 0.2) is 0 Å². The first-order valence-electron chi connectivity index (χ1n) is 5.88. The molecule has 0 amide bonds. The van der Waals surface area contributed by atoms with E-state index in [1.54, 1.807) is 0 Å². The van der Waals surface area contributed by atoms with E-state index in [1.807, 2.05) is 51.1 Å². The summed E-state index contributed by atoms with van der Waals surface area (Å²) in [6.45, 7) is 6.26. The van der Waals surface area contributed by atoms with E-state index >= 15 is 0 Å². The largest absolute Gasteiger partial charge is 0.338 e. The van der Waals surface area contributed by atoms with E-state index in [0.29, 0.717) is 19.6 Å². The van der Waals surface area contributed by atoms with Crippen molar-refractivity contribution in [2.75, 3.05) is 13.2 Å². The zero-order valence-corrected chi connectivity index (χ0v) is 11.6. The van der Waals surface area contributed by atoms with Crippen molar-refractivity contribution in [3.8, 4) is 0 Å². The molecule has 1 radical (unpaired) electrons. The molecule has 4 heteroatoms. The predicted octanol–water partition coefficient (Wildman–Crippen LogP) is 4.05. The van der Waals surface area contributed by atoms with Crippen LogP contribution in [0.3, 0.4) is 0 Å². The SMILES string of the molecule is CCOP(=O)(OCC)[C](C)Cc1ccccc1. The monoisotopic (exact) mass is 255 g/mol. The maximum Gasteiger partial charge on any atom is 0.338 e. The highest BCUT2D eigenvalue weighted by atomic mass is 31.2. The highest BCUT2D eigenvalue weighted by Gasteiger charge is 2.32. The Morgan fingerprint density at radius 3 is 2.12 bits per heavy atom. The van der Waals surface area contributed by atoms with Crippen molar-refractivity contribution in [1.29, 1.82) is 0 Å². The second kappa shape index (κ2) is 6.95. The Balaban J connectivity index is 2.72. The highest BCUT2D eigenvalue weighted by Crippen LogP contribution is 2.58. The summed E-state index contributed by atoms with van der Waals surface area (Å²) in [5, 5.41) is 0. The lowest BCUT2D eigenvalue weighted by atomic mass is 10.1. The van der Waals surface area contributed by atoms with Crippen molar-refractivity contribution in [2.24, 2.45) is 0 Å². The van der Waals surface area contributed by atoms with Gasteiger partial charge in [0, 0.05) is 0 Å². The quantitative estimate of drug-likeness (QED) is 0.689. The summed E-state index contributed by atoms with van der Waals surface area (Å²) in [4.78, 5) is 0. The Morgan fingerprint density at radius 1 is 1.12 bits per heavy atom. The van der Waals surface area contributed by atoms with Crippen molar-refractivity contribution in [3.05, 3.63) is 41.6 Å². The molecule has 0 spiro atoms. The third-order valence-corrected chi connectivity index (χ3v) is 4.66. The third kappa shape index (κ3) is 4.27. The van der Waals surface area contributed by atoms with Crippen LogP contribution in [0.5, 0.6) is 0 Å². The van der Waals surface area contributed by atoms with E-state index < -0.39 is 7.60 Å². The van der Waals surface area contributed by atoms with Crippen molar-refractivity contribution in [3.63, 3.8) is 0 Å². The second-order valence-corrected chi connectivity index (χ2v) is 6.01. The van der Waals surface area contributed by atoms with Gasteiger partial charge >= 0.3 is 7.60 Å². The van der Waals surface area contributed by atoms with E-state index in [2.05, 4.69) is 0 Å². The maximum atomic E-state index is 12.4. The lowest BCUT2D eigenvalue weighted by molar-refractivity contribution is 0.221.